The maximum absolute atomic E-state index is 12.6. The highest BCUT2D eigenvalue weighted by Gasteiger charge is 2.39. The maximum atomic E-state index is 12.6. The first kappa shape index (κ1) is 19.1. The van der Waals surface area contributed by atoms with Gasteiger partial charge in [0.1, 0.15) is 5.69 Å². The van der Waals surface area contributed by atoms with Crippen LogP contribution in [0.4, 0.5) is 30.2 Å². The molecule has 10 heteroatoms. The number of rotatable bonds is 4. The first-order chi connectivity index (χ1) is 13.3. The highest BCUT2D eigenvalue weighted by atomic mass is 19.4. The molecular formula is C18H14F3N5O2. The summed E-state index contributed by atoms with van der Waals surface area (Å²) in [6.07, 6.45) is -5.04. The van der Waals surface area contributed by atoms with Gasteiger partial charge in [-0.15, -0.1) is 10.2 Å². The first-order valence-corrected chi connectivity index (χ1v) is 8.03. The van der Waals surface area contributed by atoms with E-state index in [1.807, 2.05) is 0 Å². The molecule has 0 aliphatic carbocycles. The van der Waals surface area contributed by atoms with Gasteiger partial charge in [-0.25, -0.2) is 4.68 Å². The molecule has 3 aromatic rings. The molecule has 0 saturated carbocycles. The monoisotopic (exact) mass is 389 g/mol. The van der Waals surface area contributed by atoms with Crippen molar-refractivity contribution in [2.75, 3.05) is 5.32 Å². The number of carbonyl (C=O) groups excluding carboxylic acids is 1. The number of azo groups is 1. The fourth-order valence-corrected chi connectivity index (χ4v) is 2.38. The van der Waals surface area contributed by atoms with E-state index in [9.17, 15) is 22.8 Å². The lowest BCUT2D eigenvalue weighted by Gasteiger charge is -2.09. The molecule has 1 amide bonds. The van der Waals surface area contributed by atoms with Crippen LogP contribution in [0.3, 0.4) is 0 Å². The molecule has 0 fully saturated rings. The molecular weight excluding hydrogens is 375 g/mol. The Morgan fingerprint density at radius 3 is 2.36 bits per heavy atom. The van der Waals surface area contributed by atoms with Crippen LogP contribution in [0, 0.1) is 6.92 Å². The van der Waals surface area contributed by atoms with E-state index in [1.165, 1.54) is 28.9 Å². The number of alkyl halides is 3. The van der Waals surface area contributed by atoms with Gasteiger partial charge in [0.05, 0.1) is 17.1 Å². The summed E-state index contributed by atoms with van der Waals surface area (Å²) in [5.74, 6) is -2.13. The number of nitrogens with one attached hydrogen (secondary N) is 2. The Balaban J connectivity index is 1.93. The van der Waals surface area contributed by atoms with Gasteiger partial charge in [0.25, 0.3) is 5.56 Å². The molecule has 0 atom stereocenters. The molecule has 2 aromatic carbocycles. The fourth-order valence-electron chi connectivity index (χ4n) is 2.38. The molecule has 144 valence electrons. The Hall–Kier alpha value is -3.69. The van der Waals surface area contributed by atoms with Gasteiger partial charge in [0.2, 0.25) is 0 Å². The van der Waals surface area contributed by atoms with Crippen LogP contribution in [0.5, 0.6) is 0 Å². The van der Waals surface area contributed by atoms with Crippen molar-refractivity contribution in [2.24, 2.45) is 10.2 Å². The van der Waals surface area contributed by atoms with Gasteiger partial charge in [0, 0.05) is 0 Å². The standard InChI is InChI=1S/C18H14F3N5O2/c1-11-15(16(27)26(25-11)12-7-3-2-4-8-12)24-23-14-10-6-5-9-13(14)22-17(28)18(19,20)21/h2-10,25H,1H3,(H,22,28). The molecule has 1 aromatic heterocycles. The highest BCUT2D eigenvalue weighted by Crippen LogP contribution is 2.28. The summed E-state index contributed by atoms with van der Waals surface area (Å²) in [5, 5.41) is 12.3. The molecule has 0 unspecified atom stereocenters. The molecule has 0 radical (unpaired) electrons. The molecule has 7 nitrogen and oxygen atoms in total. The van der Waals surface area contributed by atoms with Crippen LogP contribution < -0.4 is 10.9 Å². The molecule has 1 heterocycles. The third kappa shape index (κ3) is 4.00. The van der Waals surface area contributed by atoms with Gasteiger partial charge in [-0.1, -0.05) is 30.3 Å². The number of para-hydroxylation sites is 2. The summed E-state index contributed by atoms with van der Waals surface area (Å²) in [7, 11) is 0. The van der Waals surface area contributed by atoms with E-state index in [1.54, 1.807) is 42.6 Å². The van der Waals surface area contributed by atoms with Gasteiger partial charge in [0.15, 0.2) is 5.69 Å². The van der Waals surface area contributed by atoms with E-state index in [4.69, 9.17) is 0 Å². The largest absolute Gasteiger partial charge is 0.471 e. The minimum absolute atomic E-state index is 0.000744. The molecule has 0 saturated heterocycles. The van der Waals surface area contributed by atoms with E-state index in [-0.39, 0.29) is 17.1 Å². The van der Waals surface area contributed by atoms with Crippen molar-refractivity contribution in [3.8, 4) is 5.69 Å². The Bertz CT molecular complexity index is 1080. The summed E-state index contributed by atoms with van der Waals surface area (Å²) in [6, 6.07) is 14.4. The highest BCUT2D eigenvalue weighted by molar-refractivity contribution is 5.97. The molecule has 0 aliphatic rings. The van der Waals surface area contributed by atoms with Gasteiger partial charge in [-0.05, 0) is 31.2 Å². The van der Waals surface area contributed by atoms with Gasteiger partial charge < -0.3 is 5.32 Å². The van der Waals surface area contributed by atoms with Crippen LogP contribution in [0.1, 0.15) is 5.69 Å². The zero-order chi connectivity index (χ0) is 20.3. The van der Waals surface area contributed by atoms with Crippen molar-refractivity contribution in [3.05, 3.63) is 70.6 Å². The van der Waals surface area contributed by atoms with Crippen molar-refractivity contribution in [3.63, 3.8) is 0 Å². The van der Waals surface area contributed by atoms with E-state index in [2.05, 4.69) is 15.3 Å². The topological polar surface area (TPSA) is 91.6 Å². The third-order valence-corrected chi connectivity index (χ3v) is 3.72. The number of aryl methyl sites for hydroxylation is 1. The van der Waals surface area contributed by atoms with Crippen LogP contribution in [-0.4, -0.2) is 21.9 Å². The number of aromatic nitrogens is 2. The zero-order valence-electron chi connectivity index (χ0n) is 14.5. The zero-order valence-corrected chi connectivity index (χ0v) is 14.5. The number of amides is 1. The van der Waals surface area contributed by atoms with Crippen molar-refractivity contribution in [1.82, 2.24) is 9.78 Å². The van der Waals surface area contributed by atoms with Crippen molar-refractivity contribution < 1.29 is 18.0 Å². The third-order valence-electron chi connectivity index (χ3n) is 3.72. The second-order valence-electron chi connectivity index (χ2n) is 5.73. The second-order valence-corrected chi connectivity index (χ2v) is 5.73. The predicted molar refractivity (Wildman–Crippen MR) is 96.4 cm³/mol. The molecule has 0 spiro atoms. The summed E-state index contributed by atoms with van der Waals surface area (Å²) in [6.45, 7) is 1.62. The van der Waals surface area contributed by atoms with Crippen molar-refractivity contribution in [1.29, 1.82) is 0 Å². The van der Waals surface area contributed by atoms with E-state index in [0.717, 1.165) is 0 Å². The Morgan fingerprint density at radius 2 is 1.68 bits per heavy atom. The van der Waals surface area contributed by atoms with Crippen LogP contribution in [0.25, 0.3) is 5.69 Å². The first-order valence-electron chi connectivity index (χ1n) is 8.03. The summed E-state index contributed by atoms with van der Waals surface area (Å²) in [4.78, 5) is 23.7. The number of halogens is 3. The summed E-state index contributed by atoms with van der Waals surface area (Å²) in [5.41, 5.74) is 0.353. The average molecular weight is 389 g/mol. The van der Waals surface area contributed by atoms with E-state index >= 15 is 0 Å². The molecule has 3 rings (SSSR count). The smallest absolute Gasteiger partial charge is 0.316 e. The van der Waals surface area contributed by atoms with Crippen molar-refractivity contribution in [2.45, 2.75) is 13.1 Å². The number of nitrogens with zero attached hydrogens (tertiary/aromatic N) is 3. The Labute approximate surface area is 156 Å². The van der Waals surface area contributed by atoms with Crippen LogP contribution in [-0.2, 0) is 4.79 Å². The van der Waals surface area contributed by atoms with Crippen LogP contribution >= 0.6 is 0 Å². The number of hydrogen-bond donors (Lipinski definition) is 2. The predicted octanol–water partition coefficient (Wildman–Crippen LogP) is 4.39. The number of anilines is 1. The SMILES string of the molecule is Cc1[nH]n(-c2ccccc2)c(=O)c1N=Nc1ccccc1NC(=O)C(F)(F)F. The molecule has 28 heavy (non-hydrogen) atoms. The van der Waals surface area contributed by atoms with Crippen molar-refractivity contribution >= 4 is 23.0 Å². The summed E-state index contributed by atoms with van der Waals surface area (Å²) >= 11 is 0. The van der Waals surface area contributed by atoms with Gasteiger partial charge >= 0.3 is 12.1 Å². The number of aromatic amines is 1. The number of carbonyl (C=O) groups is 1. The quantitative estimate of drug-likeness (QED) is 0.648. The molecule has 0 aliphatic heterocycles. The van der Waals surface area contributed by atoms with Crippen LogP contribution in [0.2, 0.25) is 0 Å². The summed E-state index contributed by atoms with van der Waals surface area (Å²) < 4.78 is 38.7. The van der Waals surface area contributed by atoms with Gasteiger partial charge in [-0.3, -0.25) is 14.7 Å². The van der Waals surface area contributed by atoms with E-state index < -0.39 is 17.6 Å². The number of benzene rings is 2. The lowest BCUT2D eigenvalue weighted by Crippen LogP contribution is -2.29. The fraction of sp³-hybridized carbons (Fsp3) is 0.111. The molecule has 2 N–H and O–H groups in total. The maximum Gasteiger partial charge on any atom is 0.471 e. The Kier molecular flexibility index (Phi) is 5.12. The molecule has 0 bridgehead atoms. The minimum atomic E-state index is -5.04. The second kappa shape index (κ2) is 7.51. The number of hydrogen-bond acceptors (Lipinski definition) is 4. The lowest BCUT2D eigenvalue weighted by molar-refractivity contribution is -0.167. The van der Waals surface area contributed by atoms with E-state index in [0.29, 0.717) is 11.4 Å². The van der Waals surface area contributed by atoms with Gasteiger partial charge in [-0.2, -0.15) is 13.2 Å². The Morgan fingerprint density at radius 1 is 1.04 bits per heavy atom. The lowest BCUT2D eigenvalue weighted by atomic mass is 10.2. The van der Waals surface area contributed by atoms with Crippen LogP contribution in [0.15, 0.2) is 69.6 Å². The number of H-pyrrole nitrogens is 1. The minimum Gasteiger partial charge on any atom is -0.316 e. The normalized spacial score (nSPS) is 11.7. The average Bonchev–Trinajstić information content (AvgIpc) is 2.95.